The summed E-state index contributed by atoms with van der Waals surface area (Å²) in [6.45, 7) is 4.86. The number of carboxylic acid groups (broad SMARTS) is 1. The zero-order valence-electron chi connectivity index (χ0n) is 10.6. The van der Waals surface area contributed by atoms with Crippen molar-refractivity contribution in [3.8, 4) is 0 Å². The molecule has 4 nitrogen and oxygen atoms in total. The molecule has 0 spiro atoms. The topological polar surface area (TPSA) is 69.6 Å². The van der Waals surface area contributed by atoms with Gasteiger partial charge in [0.25, 0.3) is 0 Å². The Morgan fingerprint density at radius 3 is 2.72 bits per heavy atom. The van der Waals surface area contributed by atoms with Gasteiger partial charge in [-0.1, -0.05) is 13.8 Å². The molecule has 1 heterocycles. The van der Waals surface area contributed by atoms with Crippen LogP contribution in [0.25, 0.3) is 0 Å². The Kier molecular flexibility index (Phi) is 3.75. The molecule has 5 heteroatoms. The van der Waals surface area contributed by atoms with Crippen LogP contribution in [0.2, 0.25) is 0 Å². The van der Waals surface area contributed by atoms with Crippen LogP contribution < -0.4 is 5.32 Å². The van der Waals surface area contributed by atoms with Crippen LogP contribution in [-0.2, 0) is 17.8 Å². The van der Waals surface area contributed by atoms with E-state index in [2.05, 4.69) is 19.2 Å². The van der Waals surface area contributed by atoms with E-state index < -0.39 is 5.97 Å². The Labute approximate surface area is 111 Å². The van der Waals surface area contributed by atoms with Crippen molar-refractivity contribution in [1.82, 2.24) is 5.32 Å². The number of thiophene rings is 1. The van der Waals surface area contributed by atoms with Crippen LogP contribution in [0.3, 0.4) is 0 Å². The van der Waals surface area contributed by atoms with Crippen LogP contribution in [-0.4, -0.2) is 28.3 Å². The molecule has 1 aliphatic rings. The summed E-state index contributed by atoms with van der Waals surface area (Å²) in [6.07, 6.45) is 0.666. The predicted molar refractivity (Wildman–Crippen MR) is 70.7 cm³/mol. The third-order valence-corrected chi connectivity index (χ3v) is 4.87. The largest absolute Gasteiger partial charge is 0.481 e. The van der Waals surface area contributed by atoms with Crippen molar-refractivity contribution in [2.75, 3.05) is 0 Å². The van der Waals surface area contributed by atoms with Gasteiger partial charge in [0.2, 0.25) is 0 Å². The second-order valence-electron chi connectivity index (χ2n) is 5.44. The first kappa shape index (κ1) is 13.5. The summed E-state index contributed by atoms with van der Waals surface area (Å²) in [4.78, 5) is 12.6. The van der Waals surface area contributed by atoms with Gasteiger partial charge in [0, 0.05) is 27.8 Å². The average molecular weight is 269 g/mol. The average Bonchev–Trinajstić information content (AvgIpc) is 2.70. The summed E-state index contributed by atoms with van der Waals surface area (Å²) in [5, 5.41) is 21.8. The fourth-order valence-corrected chi connectivity index (χ4v) is 3.19. The highest BCUT2D eigenvalue weighted by Gasteiger charge is 2.46. The minimum absolute atomic E-state index is 0.0683. The molecule has 1 aromatic heterocycles. The lowest BCUT2D eigenvalue weighted by atomic mass is 9.64. The molecule has 0 aliphatic heterocycles. The molecule has 1 aliphatic carbocycles. The van der Waals surface area contributed by atoms with E-state index in [4.69, 9.17) is 5.11 Å². The summed E-state index contributed by atoms with van der Waals surface area (Å²) >= 11 is 1.53. The van der Waals surface area contributed by atoms with E-state index in [-0.39, 0.29) is 17.9 Å². The van der Waals surface area contributed by atoms with E-state index in [1.54, 1.807) is 0 Å². The second kappa shape index (κ2) is 4.99. The fourth-order valence-electron chi connectivity index (χ4n) is 2.23. The van der Waals surface area contributed by atoms with Crippen molar-refractivity contribution >= 4 is 17.3 Å². The SMILES string of the molecule is CC1(C)C(O)CC1NCc1ccc(CC(=O)O)s1. The lowest BCUT2D eigenvalue weighted by Gasteiger charge is -2.49. The Bertz CT molecular complexity index is 441. The van der Waals surface area contributed by atoms with Crippen LogP contribution >= 0.6 is 11.3 Å². The minimum Gasteiger partial charge on any atom is -0.481 e. The van der Waals surface area contributed by atoms with Crippen LogP contribution in [0, 0.1) is 5.41 Å². The van der Waals surface area contributed by atoms with Crippen molar-refractivity contribution in [1.29, 1.82) is 0 Å². The van der Waals surface area contributed by atoms with Crippen LogP contribution in [0.1, 0.15) is 30.0 Å². The van der Waals surface area contributed by atoms with Crippen molar-refractivity contribution in [3.63, 3.8) is 0 Å². The minimum atomic E-state index is -0.792. The Morgan fingerprint density at radius 2 is 2.17 bits per heavy atom. The van der Waals surface area contributed by atoms with E-state index in [9.17, 15) is 9.90 Å². The van der Waals surface area contributed by atoms with Crippen molar-refractivity contribution in [3.05, 3.63) is 21.9 Å². The quantitative estimate of drug-likeness (QED) is 0.760. The molecule has 0 saturated heterocycles. The summed E-state index contributed by atoms with van der Waals surface area (Å²) in [5.41, 5.74) is -0.0683. The zero-order chi connectivity index (χ0) is 13.3. The molecule has 2 rings (SSSR count). The number of carboxylic acids is 1. The zero-order valence-corrected chi connectivity index (χ0v) is 11.5. The van der Waals surface area contributed by atoms with Crippen LogP contribution in [0.5, 0.6) is 0 Å². The number of hydrogen-bond donors (Lipinski definition) is 3. The predicted octanol–water partition coefficient (Wildman–Crippen LogP) is 1.62. The number of aliphatic carboxylic acids is 1. The molecule has 100 valence electrons. The maximum Gasteiger partial charge on any atom is 0.308 e. The highest BCUT2D eigenvalue weighted by atomic mass is 32.1. The molecule has 0 amide bonds. The molecule has 18 heavy (non-hydrogen) atoms. The molecule has 3 N–H and O–H groups in total. The van der Waals surface area contributed by atoms with Crippen LogP contribution in [0.4, 0.5) is 0 Å². The molecule has 1 aromatic rings. The molecule has 2 unspecified atom stereocenters. The van der Waals surface area contributed by atoms with Crippen molar-refractivity contribution in [2.45, 2.75) is 45.4 Å². The van der Waals surface area contributed by atoms with Gasteiger partial charge in [0.15, 0.2) is 0 Å². The van der Waals surface area contributed by atoms with E-state index in [1.807, 2.05) is 12.1 Å². The van der Waals surface area contributed by atoms with Gasteiger partial charge in [0.05, 0.1) is 12.5 Å². The first-order valence-electron chi connectivity index (χ1n) is 6.10. The van der Waals surface area contributed by atoms with Gasteiger partial charge in [-0.05, 0) is 18.6 Å². The summed E-state index contributed by atoms with van der Waals surface area (Å²) in [7, 11) is 0. The van der Waals surface area contributed by atoms with E-state index in [1.165, 1.54) is 11.3 Å². The number of aliphatic hydroxyl groups excluding tert-OH is 1. The van der Waals surface area contributed by atoms with Crippen molar-refractivity contribution in [2.24, 2.45) is 5.41 Å². The highest BCUT2D eigenvalue weighted by molar-refractivity contribution is 7.12. The van der Waals surface area contributed by atoms with Crippen LogP contribution in [0.15, 0.2) is 12.1 Å². The summed E-state index contributed by atoms with van der Waals surface area (Å²) < 4.78 is 0. The summed E-state index contributed by atoms with van der Waals surface area (Å²) in [5.74, 6) is -0.792. The number of rotatable bonds is 5. The van der Waals surface area contributed by atoms with Gasteiger partial charge >= 0.3 is 5.97 Å². The first-order valence-corrected chi connectivity index (χ1v) is 6.92. The third-order valence-electron chi connectivity index (χ3n) is 3.78. The third kappa shape index (κ3) is 2.74. The molecular weight excluding hydrogens is 250 g/mol. The molecule has 0 aromatic carbocycles. The fraction of sp³-hybridized carbons (Fsp3) is 0.615. The van der Waals surface area contributed by atoms with E-state index in [0.29, 0.717) is 6.04 Å². The van der Waals surface area contributed by atoms with Gasteiger partial charge in [-0.25, -0.2) is 0 Å². The Hall–Kier alpha value is -0.910. The van der Waals surface area contributed by atoms with E-state index >= 15 is 0 Å². The van der Waals surface area contributed by atoms with Gasteiger partial charge in [-0.2, -0.15) is 0 Å². The molecule has 2 atom stereocenters. The Morgan fingerprint density at radius 1 is 1.50 bits per heavy atom. The number of nitrogens with one attached hydrogen (secondary N) is 1. The smallest absolute Gasteiger partial charge is 0.308 e. The highest BCUT2D eigenvalue weighted by Crippen LogP contribution is 2.40. The number of hydrogen-bond acceptors (Lipinski definition) is 4. The normalized spacial score (nSPS) is 25.7. The summed E-state index contributed by atoms with van der Waals surface area (Å²) in [6, 6.07) is 4.17. The van der Waals surface area contributed by atoms with E-state index in [0.717, 1.165) is 22.7 Å². The monoisotopic (exact) mass is 269 g/mol. The van der Waals surface area contributed by atoms with Gasteiger partial charge < -0.3 is 15.5 Å². The lowest BCUT2D eigenvalue weighted by molar-refractivity contribution is -0.136. The molecule has 0 radical (unpaired) electrons. The number of carbonyl (C=O) groups is 1. The van der Waals surface area contributed by atoms with Gasteiger partial charge in [-0.15, -0.1) is 11.3 Å². The van der Waals surface area contributed by atoms with Gasteiger partial charge in [0.1, 0.15) is 0 Å². The maximum absolute atomic E-state index is 10.6. The Balaban J connectivity index is 1.84. The van der Waals surface area contributed by atoms with Crippen molar-refractivity contribution < 1.29 is 15.0 Å². The first-order chi connectivity index (χ1) is 8.39. The van der Waals surface area contributed by atoms with Gasteiger partial charge in [-0.3, -0.25) is 4.79 Å². The molecule has 1 fully saturated rings. The maximum atomic E-state index is 10.6. The second-order valence-corrected chi connectivity index (χ2v) is 6.70. The molecular formula is C13H19NO3S. The lowest BCUT2D eigenvalue weighted by Crippen LogP contribution is -2.59. The molecule has 1 saturated carbocycles. The molecule has 0 bridgehead atoms. The standard InChI is InChI=1S/C13H19NO3S/c1-13(2)10(6-11(13)15)14-7-9-4-3-8(18-9)5-12(16)17/h3-4,10-11,14-15H,5-7H2,1-2H3,(H,16,17). The number of aliphatic hydroxyl groups is 1.